The van der Waals surface area contributed by atoms with E-state index in [1.807, 2.05) is 0 Å². The number of anilines is 1. The van der Waals surface area contributed by atoms with Crippen LogP contribution in [0.2, 0.25) is 0 Å². The molecule has 0 saturated heterocycles. The van der Waals surface area contributed by atoms with Crippen molar-refractivity contribution in [3.63, 3.8) is 0 Å². The second kappa shape index (κ2) is 6.97. The van der Waals surface area contributed by atoms with Gasteiger partial charge in [-0.05, 0) is 28.1 Å². The zero-order valence-electron chi connectivity index (χ0n) is 9.39. The molecule has 0 unspecified atom stereocenters. The molecule has 4 N–H and O–H groups in total. The van der Waals surface area contributed by atoms with E-state index in [1.54, 1.807) is 24.3 Å². The fourth-order valence-electron chi connectivity index (χ4n) is 1.27. The van der Waals surface area contributed by atoms with Gasteiger partial charge >= 0.3 is 12.0 Å². The van der Waals surface area contributed by atoms with E-state index in [2.05, 4.69) is 26.6 Å². The number of para-hydroxylation sites is 1. The smallest absolute Gasteiger partial charge is 0.326 e. The van der Waals surface area contributed by atoms with Crippen molar-refractivity contribution in [2.45, 2.75) is 12.5 Å². The van der Waals surface area contributed by atoms with Crippen molar-refractivity contribution in [2.24, 2.45) is 0 Å². The SMILES string of the molecule is O=C(Nc1ccccc1Br)N[C@@H](CCO)C(=O)O. The lowest BCUT2D eigenvalue weighted by molar-refractivity contribution is -0.139. The predicted octanol–water partition coefficient (Wildman–Crippen LogP) is 1.41. The van der Waals surface area contributed by atoms with Gasteiger partial charge in [0.15, 0.2) is 0 Å². The van der Waals surface area contributed by atoms with E-state index in [-0.39, 0.29) is 13.0 Å². The molecular formula is C11H13BrN2O4. The summed E-state index contributed by atoms with van der Waals surface area (Å²) >= 11 is 3.25. The van der Waals surface area contributed by atoms with Crippen molar-refractivity contribution in [1.29, 1.82) is 0 Å². The topological polar surface area (TPSA) is 98.7 Å². The maximum Gasteiger partial charge on any atom is 0.326 e. The van der Waals surface area contributed by atoms with E-state index >= 15 is 0 Å². The van der Waals surface area contributed by atoms with Gasteiger partial charge < -0.3 is 20.8 Å². The van der Waals surface area contributed by atoms with Crippen LogP contribution in [0, 0.1) is 0 Å². The van der Waals surface area contributed by atoms with Gasteiger partial charge in [-0.3, -0.25) is 0 Å². The van der Waals surface area contributed by atoms with Crippen molar-refractivity contribution in [1.82, 2.24) is 5.32 Å². The molecule has 0 aliphatic rings. The van der Waals surface area contributed by atoms with Crippen LogP contribution in [0.4, 0.5) is 10.5 Å². The number of rotatable bonds is 5. The molecule has 98 valence electrons. The number of aliphatic hydroxyl groups excluding tert-OH is 1. The van der Waals surface area contributed by atoms with Crippen molar-refractivity contribution < 1.29 is 19.8 Å². The van der Waals surface area contributed by atoms with E-state index in [0.29, 0.717) is 10.2 Å². The molecule has 0 bridgehead atoms. The maximum atomic E-state index is 11.6. The predicted molar refractivity (Wildman–Crippen MR) is 69.4 cm³/mol. The molecular weight excluding hydrogens is 304 g/mol. The highest BCUT2D eigenvalue weighted by atomic mass is 79.9. The minimum atomic E-state index is -1.19. The third-order valence-corrected chi connectivity index (χ3v) is 2.83. The van der Waals surface area contributed by atoms with Gasteiger partial charge in [0.2, 0.25) is 0 Å². The Morgan fingerprint density at radius 1 is 1.33 bits per heavy atom. The third kappa shape index (κ3) is 4.34. The maximum absolute atomic E-state index is 11.6. The highest BCUT2D eigenvalue weighted by Crippen LogP contribution is 2.20. The number of carboxylic acid groups (broad SMARTS) is 1. The molecule has 0 aliphatic heterocycles. The molecule has 18 heavy (non-hydrogen) atoms. The van der Waals surface area contributed by atoms with Gasteiger partial charge in [0.1, 0.15) is 6.04 Å². The fraction of sp³-hybridized carbons (Fsp3) is 0.273. The summed E-state index contributed by atoms with van der Waals surface area (Å²) in [6, 6.07) is 5.20. The Hall–Kier alpha value is -1.60. The fourth-order valence-corrected chi connectivity index (χ4v) is 1.65. The van der Waals surface area contributed by atoms with Crippen molar-refractivity contribution >= 4 is 33.6 Å². The van der Waals surface area contributed by atoms with Crippen LogP contribution in [-0.4, -0.2) is 34.9 Å². The van der Waals surface area contributed by atoms with Crippen molar-refractivity contribution in [3.05, 3.63) is 28.7 Å². The van der Waals surface area contributed by atoms with Crippen LogP contribution in [0.25, 0.3) is 0 Å². The molecule has 0 heterocycles. The molecule has 0 saturated carbocycles. The number of nitrogens with one attached hydrogen (secondary N) is 2. The van der Waals surface area contributed by atoms with E-state index in [4.69, 9.17) is 10.2 Å². The molecule has 2 amide bonds. The van der Waals surface area contributed by atoms with Crippen molar-refractivity contribution in [3.8, 4) is 0 Å². The number of urea groups is 1. The first-order valence-electron chi connectivity index (χ1n) is 5.20. The Morgan fingerprint density at radius 3 is 2.56 bits per heavy atom. The lowest BCUT2D eigenvalue weighted by Crippen LogP contribution is -2.43. The number of halogens is 1. The molecule has 1 atom stereocenters. The highest BCUT2D eigenvalue weighted by Gasteiger charge is 2.19. The Morgan fingerprint density at radius 2 is 2.00 bits per heavy atom. The Labute approximate surface area is 112 Å². The van der Waals surface area contributed by atoms with Crippen LogP contribution in [-0.2, 0) is 4.79 Å². The first-order chi connectivity index (χ1) is 8.54. The van der Waals surface area contributed by atoms with Gasteiger partial charge in [0.25, 0.3) is 0 Å². The number of hydrogen-bond donors (Lipinski definition) is 4. The summed E-state index contributed by atoms with van der Waals surface area (Å²) in [5.41, 5.74) is 0.531. The first-order valence-corrected chi connectivity index (χ1v) is 5.99. The van der Waals surface area contributed by atoms with E-state index in [1.165, 1.54) is 0 Å². The molecule has 0 radical (unpaired) electrons. The van der Waals surface area contributed by atoms with E-state index in [9.17, 15) is 9.59 Å². The zero-order valence-corrected chi connectivity index (χ0v) is 11.0. The van der Waals surface area contributed by atoms with Crippen LogP contribution in [0.5, 0.6) is 0 Å². The minimum Gasteiger partial charge on any atom is -0.480 e. The number of aliphatic hydroxyl groups is 1. The van der Waals surface area contributed by atoms with Crippen LogP contribution in [0.15, 0.2) is 28.7 Å². The largest absolute Gasteiger partial charge is 0.480 e. The summed E-state index contributed by atoms with van der Waals surface area (Å²) < 4.78 is 0.689. The summed E-state index contributed by atoms with van der Waals surface area (Å²) in [5, 5.41) is 22.3. The normalized spacial score (nSPS) is 11.7. The zero-order chi connectivity index (χ0) is 13.5. The number of carboxylic acids is 1. The lowest BCUT2D eigenvalue weighted by atomic mass is 10.2. The number of hydrogen-bond acceptors (Lipinski definition) is 3. The molecule has 1 rings (SSSR count). The van der Waals surface area contributed by atoms with Gasteiger partial charge in [-0.2, -0.15) is 0 Å². The van der Waals surface area contributed by atoms with Crippen LogP contribution < -0.4 is 10.6 Å². The number of carbonyl (C=O) groups is 2. The summed E-state index contributed by atoms with van der Waals surface area (Å²) in [6.45, 7) is -0.313. The molecule has 0 aliphatic carbocycles. The first kappa shape index (κ1) is 14.5. The third-order valence-electron chi connectivity index (χ3n) is 2.14. The average Bonchev–Trinajstić information content (AvgIpc) is 2.31. The summed E-state index contributed by atoms with van der Waals surface area (Å²) in [5.74, 6) is -1.19. The second-order valence-electron chi connectivity index (χ2n) is 3.48. The van der Waals surface area contributed by atoms with E-state index < -0.39 is 18.0 Å². The molecule has 1 aromatic rings. The van der Waals surface area contributed by atoms with Crippen molar-refractivity contribution in [2.75, 3.05) is 11.9 Å². The van der Waals surface area contributed by atoms with Crippen LogP contribution in [0.1, 0.15) is 6.42 Å². The second-order valence-corrected chi connectivity index (χ2v) is 4.34. The summed E-state index contributed by atoms with van der Waals surface area (Å²) in [7, 11) is 0. The number of aliphatic carboxylic acids is 1. The van der Waals surface area contributed by atoms with E-state index in [0.717, 1.165) is 0 Å². The van der Waals surface area contributed by atoms with Crippen LogP contribution >= 0.6 is 15.9 Å². The Kier molecular flexibility index (Phi) is 5.60. The van der Waals surface area contributed by atoms with Crippen LogP contribution in [0.3, 0.4) is 0 Å². The van der Waals surface area contributed by atoms with Gasteiger partial charge in [0.05, 0.1) is 5.69 Å². The van der Waals surface area contributed by atoms with Gasteiger partial charge in [-0.25, -0.2) is 9.59 Å². The monoisotopic (exact) mass is 316 g/mol. The van der Waals surface area contributed by atoms with Gasteiger partial charge in [-0.1, -0.05) is 12.1 Å². The number of benzene rings is 1. The Balaban J connectivity index is 2.61. The molecule has 6 nitrogen and oxygen atoms in total. The molecule has 7 heteroatoms. The summed E-state index contributed by atoms with van der Waals surface area (Å²) in [4.78, 5) is 22.3. The average molecular weight is 317 g/mol. The number of amides is 2. The Bertz CT molecular complexity index is 439. The molecule has 0 spiro atoms. The van der Waals surface area contributed by atoms with Gasteiger partial charge in [0, 0.05) is 17.5 Å². The molecule has 0 fully saturated rings. The lowest BCUT2D eigenvalue weighted by Gasteiger charge is -2.14. The number of carbonyl (C=O) groups excluding carboxylic acids is 1. The molecule has 1 aromatic carbocycles. The molecule has 0 aromatic heterocycles. The minimum absolute atomic E-state index is 0.0429. The summed E-state index contributed by atoms with van der Waals surface area (Å²) in [6.07, 6.45) is -0.0429. The van der Waals surface area contributed by atoms with Gasteiger partial charge in [-0.15, -0.1) is 0 Å². The highest BCUT2D eigenvalue weighted by molar-refractivity contribution is 9.10. The quantitative estimate of drug-likeness (QED) is 0.660. The standard InChI is InChI=1S/C11H13BrN2O4/c12-7-3-1-2-4-8(7)13-11(18)14-9(5-6-15)10(16)17/h1-4,9,15H,5-6H2,(H,16,17)(H2,13,14,18)/t9-/m0/s1.